The van der Waals surface area contributed by atoms with Crippen LogP contribution in [0.15, 0.2) is 27.6 Å². The number of ether oxygens (including phenoxy) is 1. The van der Waals surface area contributed by atoms with E-state index in [9.17, 15) is 14.0 Å². The SMILES string of the molecule is CCOC(=O)c1c[nH]c2cc(F)c(Br)cc2c1=O. The predicted octanol–water partition coefficient (Wildman–Crippen LogP) is 2.61. The summed E-state index contributed by atoms with van der Waals surface area (Å²) in [6.45, 7) is 1.84. The van der Waals surface area contributed by atoms with Gasteiger partial charge in [-0.05, 0) is 35.0 Å². The Morgan fingerprint density at radius 1 is 1.50 bits per heavy atom. The highest BCUT2D eigenvalue weighted by Gasteiger charge is 2.15. The van der Waals surface area contributed by atoms with Crippen molar-refractivity contribution in [2.75, 3.05) is 6.61 Å². The Bertz CT molecular complexity index is 681. The Hall–Kier alpha value is -1.69. The molecule has 6 heteroatoms. The number of carbonyl (C=O) groups excluding carboxylic acids is 1. The molecule has 0 saturated carbocycles. The molecule has 0 aliphatic carbocycles. The molecule has 0 aliphatic heterocycles. The van der Waals surface area contributed by atoms with E-state index in [0.29, 0.717) is 5.52 Å². The number of carbonyl (C=O) groups is 1. The van der Waals surface area contributed by atoms with Crippen LogP contribution in [0.3, 0.4) is 0 Å². The van der Waals surface area contributed by atoms with E-state index >= 15 is 0 Å². The number of pyridine rings is 1. The maximum Gasteiger partial charge on any atom is 0.343 e. The Kier molecular flexibility index (Phi) is 3.47. The van der Waals surface area contributed by atoms with Crippen molar-refractivity contribution in [1.82, 2.24) is 4.98 Å². The third-order valence-electron chi connectivity index (χ3n) is 2.42. The molecule has 0 bridgehead atoms. The summed E-state index contributed by atoms with van der Waals surface area (Å²) in [5, 5.41) is 0.230. The number of halogens is 2. The highest BCUT2D eigenvalue weighted by molar-refractivity contribution is 9.10. The maximum absolute atomic E-state index is 13.3. The van der Waals surface area contributed by atoms with Crippen molar-refractivity contribution in [1.29, 1.82) is 0 Å². The summed E-state index contributed by atoms with van der Waals surface area (Å²) in [7, 11) is 0. The van der Waals surface area contributed by atoms with Crippen molar-refractivity contribution < 1.29 is 13.9 Å². The molecule has 0 radical (unpaired) electrons. The maximum atomic E-state index is 13.3. The molecular formula is C12H9BrFNO3. The summed E-state index contributed by atoms with van der Waals surface area (Å²) in [6.07, 6.45) is 1.23. The second kappa shape index (κ2) is 4.89. The Morgan fingerprint density at radius 3 is 2.89 bits per heavy atom. The number of aromatic nitrogens is 1. The van der Waals surface area contributed by atoms with Gasteiger partial charge >= 0.3 is 5.97 Å². The zero-order valence-electron chi connectivity index (χ0n) is 9.42. The van der Waals surface area contributed by atoms with Crippen LogP contribution < -0.4 is 5.43 Å². The van der Waals surface area contributed by atoms with Gasteiger partial charge in [-0.2, -0.15) is 0 Å². The van der Waals surface area contributed by atoms with Gasteiger partial charge in [0, 0.05) is 11.6 Å². The second-order valence-electron chi connectivity index (χ2n) is 3.56. The highest BCUT2D eigenvalue weighted by atomic mass is 79.9. The molecule has 0 amide bonds. The Balaban J connectivity index is 2.68. The van der Waals surface area contributed by atoms with E-state index in [4.69, 9.17) is 4.74 Å². The molecule has 0 atom stereocenters. The van der Waals surface area contributed by atoms with Crippen molar-refractivity contribution >= 4 is 32.8 Å². The van der Waals surface area contributed by atoms with E-state index in [2.05, 4.69) is 20.9 Å². The predicted molar refractivity (Wildman–Crippen MR) is 68.2 cm³/mol. The second-order valence-corrected chi connectivity index (χ2v) is 4.42. The smallest absolute Gasteiger partial charge is 0.343 e. The lowest BCUT2D eigenvalue weighted by Crippen LogP contribution is -2.18. The molecule has 1 heterocycles. The van der Waals surface area contributed by atoms with E-state index in [-0.39, 0.29) is 22.0 Å². The molecule has 1 aromatic carbocycles. The minimum atomic E-state index is -0.693. The number of hydrogen-bond donors (Lipinski definition) is 1. The van der Waals surface area contributed by atoms with Gasteiger partial charge in [0.15, 0.2) is 0 Å². The van der Waals surface area contributed by atoms with Crippen LogP contribution in [0.25, 0.3) is 10.9 Å². The molecule has 1 aromatic heterocycles. The molecule has 0 saturated heterocycles. The van der Waals surface area contributed by atoms with Crippen molar-refractivity contribution in [2.24, 2.45) is 0 Å². The van der Waals surface area contributed by atoms with Gasteiger partial charge in [0.05, 0.1) is 16.6 Å². The van der Waals surface area contributed by atoms with Crippen LogP contribution in [0.5, 0.6) is 0 Å². The first-order valence-electron chi connectivity index (χ1n) is 5.22. The minimum Gasteiger partial charge on any atom is -0.462 e. The van der Waals surface area contributed by atoms with Crippen LogP contribution in [0.2, 0.25) is 0 Å². The minimum absolute atomic E-state index is 0.0946. The lowest BCUT2D eigenvalue weighted by molar-refractivity contribution is 0.0524. The van der Waals surface area contributed by atoms with Crippen LogP contribution in [-0.2, 0) is 4.74 Å². The Labute approximate surface area is 110 Å². The van der Waals surface area contributed by atoms with E-state index in [0.717, 1.165) is 0 Å². The molecule has 0 aliphatic rings. The number of rotatable bonds is 2. The topological polar surface area (TPSA) is 59.2 Å². The van der Waals surface area contributed by atoms with Crippen molar-refractivity contribution in [3.8, 4) is 0 Å². The third kappa shape index (κ3) is 2.15. The van der Waals surface area contributed by atoms with E-state index in [1.165, 1.54) is 18.3 Å². The normalized spacial score (nSPS) is 10.6. The number of H-pyrrole nitrogens is 1. The van der Waals surface area contributed by atoms with E-state index in [1.807, 2.05) is 0 Å². The highest BCUT2D eigenvalue weighted by Crippen LogP contribution is 2.20. The first-order valence-corrected chi connectivity index (χ1v) is 6.01. The quantitative estimate of drug-likeness (QED) is 0.867. The van der Waals surface area contributed by atoms with Crippen molar-refractivity contribution in [2.45, 2.75) is 6.92 Å². The van der Waals surface area contributed by atoms with Gasteiger partial charge < -0.3 is 9.72 Å². The molecule has 4 nitrogen and oxygen atoms in total. The fraction of sp³-hybridized carbons (Fsp3) is 0.167. The average Bonchev–Trinajstić information content (AvgIpc) is 2.32. The molecule has 94 valence electrons. The molecule has 18 heavy (non-hydrogen) atoms. The van der Waals surface area contributed by atoms with Gasteiger partial charge in [-0.15, -0.1) is 0 Å². The van der Waals surface area contributed by atoms with E-state index < -0.39 is 17.2 Å². The standard InChI is InChI=1S/C12H9BrFNO3/c1-2-18-12(17)7-5-15-10-4-9(14)8(13)3-6(10)11(7)16/h3-5H,2H2,1H3,(H,15,16). The molecule has 0 unspecified atom stereocenters. The molecule has 1 N–H and O–H groups in total. The summed E-state index contributed by atoms with van der Waals surface area (Å²) < 4.78 is 18.2. The van der Waals surface area contributed by atoms with Crippen LogP contribution in [0.4, 0.5) is 4.39 Å². The van der Waals surface area contributed by atoms with Crippen molar-refractivity contribution in [3.63, 3.8) is 0 Å². The van der Waals surface area contributed by atoms with Gasteiger partial charge in [-0.3, -0.25) is 4.79 Å². The average molecular weight is 314 g/mol. The van der Waals surface area contributed by atoms with Gasteiger partial charge in [0.1, 0.15) is 11.4 Å². The first-order chi connectivity index (χ1) is 8.54. The lowest BCUT2D eigenvalue weighted by atomic mass is 10.1. The van der Waals surface area contributed by atoms with Gasteiger partial charge in [0.2, 0.25) is 5.43 Å². The monoisotopic (exact) mass is 313 g/mol. The number of nitrogens with one attached hydrogen (secondary N) is 1. The summed E-state index contributed by atoms with van der Waals surface area (Å²) in [6, 6.07) is 2.53. The summed E-state index contributed by atoms with van der Waals surface area (Å²) in [4.78, 5) is 26.3. The fourth-order valence-electron chi connectivity index (χ4n) is 1.58. The van der Waals surface area contributed by atoms with Gasteiger partial charge in [0.25, 0.3) is 0 Å². The number of benzene rings is 1. The molecule has 2 aromatic rings. The summed E-state index contributed by atoms with van der Waals surface area (Å²) in [5.74, 6) is -1.18. The van der Waals surface area contributed by atoms with Crippen LogP contribution >= 0.6 is 15.9 Å². The van der Waals surface area contributed by atoms with Gasteiger partial charge in [-0.25, -0.2) is 9.18 Å². The van der Waals surface area contributed by atoms with Crippen LogP contribution in [0.1, 0.15) is 17.3 Å². The van der Waals surface area contributed by atoms with Crippen molar-refractivity contribution in [3.05, 3.63) is 44.4 Å². The molecule has 0 spiro atoms. The zero-order chi connectivity index (χ0) is 13.3. The molecule has 0 fully saturated rings. The van der Waals surface area contributed by atoms with Crippen LogP contribution in [-0.4, -0.2) is 17.6 Å². The zero-order valence-corrected chi connectivity index (χ0v) is 11.0. The van der Waals surface area contributed by atoms with E-state index in [1.54, 1.807) is 6.92 Å². The first kappa shape index (κ1) is 12.8. The molecular weight excluding hydrogens is 305 g/mol. The fourth-order valence-corrected chi connectivity index (χ4v) is 1.92. The summed E-state index contributed by atoms with van der Waals surface area (Å²) >= 11 is 3.00. The summed E-state index contributed by atoms with van der Waals surface area (Å²) in [5.41, 5.74) is -0.250. The number of esters is 1. The van der Waals surface area contributed by atoms with Crippen LogP contribution in [0, 0.1) is 5.82 Å². The lowest BCUT2D eigenvalue weighted by Gasteiger charge is -2.04. The third-order valence-corrected chi connectivity index (χ3v) is 3.02. The Morgan fingerprint density at radius 2 is 2.22 bits per heavy atom. The largest absolute Gasteiger partial charge is 0.462 e. The number of hydrogen-bond acceptors (Lipinski definition) is 3. The molecule has 2 rings (SSSR count). The number of aromatic amines is 1. The number of fused-ring (bicyclic) bond motifs is 1. The van der Waals surface area contributed by atoms with Gasteiger partial charge in [-0.1, -0.05) is 0 Å².